The Morgan fingerprint density at radius 2 is 1.87 bits per heavy atom. The van der Waals surface area contributed by atoms with Gasteiger partial charge in [-0.05, 0) is 35.2 Å². The van der Waals surface area contributed by atoms with Crippen molar-refractivity contribution in [3.8, 4) is 0 Å². The zero-order valence-electron chi connectivity index (χ0n) is 18.1. The number of methoxy groups -OCH3 is 1. The summed E-state index contributed by atoms with van der Waals surface area (Å²) in [5, 5.41) is 1.92. The van der Waals surface area contributed by atoms with Crippen molar-refractivity contribution >= 4 is 28.2 Å². The van der Waals surface area contributed by atoms with Crippen molar-refractivity contribution in [3.63, 3.8) is 0 Å². The van der Waals surface area contributed by atoms with Gasteiger partial charge in [-0.1, -0.05) is 44.2 Å². The fraction of sp³-hybridized carbons (Fsp3) is 0.348. The maximum absolute atomic E-state index is 13.5. The lowest BCUT2D eigenvalue weighted by Gasteiger charge is -2.25. The van der Waals surface area contributed by atoms with E-state index in [2.05, 4.69) is 4.98 Å². The zero-order chi connectivity index (χ0) is 22.5. The van der Waals surface area contributed by atoms with Gasteiger partial charge in [0.25, 0.3) is 11.5 Å². The Labute approximate surface area is 180 Å². The van der Waals surface area contributed by atoms with Crippen LogP contribution in [0.2, 0.25) is 0 Å². The van der Waals surface area contributed by atoms with E-state index in [0.717, 1.165) is 10.8 Å². The van der Waals surface area contributed by atoms with Gasteiger partial charge in [-0.15, -0.1) is 0 Å². The summed E-state index contributed by atoms with van der Waals surface area (Å²) in [4.78, 5) is 42.2. The number of H-pyrrole nitrogens is 1. The number of aromatic amines is 1. The molecule has 0 unspecified atom stereocenters. The molecule has 0 aliphatic heterocycles. The minimum absolute atomic E-state index is 0.0190. The topological polar surface area (TPSA) is 110 Å². The monoisotopic (exact) mass is 424 g/mol. The molecule has 0 saturated heterocycles. The molecular formula is C23H28N4O4. The smallest absolute Gasteiger partial charge is 0.330 e. The molecule has 3 rings (SSSR count). The number of ether oxygens (including phenoxy) is 1. The van der Waals surface area contributed by atoms with Crippen LogP contribution in [0.1, 0.15) is 30.6 Å². The van der Waals surface area contributed by atoms with Crippen LogP contribution in [0.3, 0.4) is 0 Å². The first-order chi connectivity index (χ1) is 14.8. The first-order valence-electron chi connectivity index (χ1n) is 10.3. The van der Waals surface area contributed by atoms with Crippen molar-refractivity contribution < 1.29 is 9.53 Å². The second kappa shape index (κ2) is 9.61. The number of hydrogen-bond donors (Lipinski definition) is 2. The van der Waals surface area contributed by atoms with Crippen LogP contribution in [-0.4, -0.2) is 35.7 Å². The van der Waals surface area contributed by atoms with Gasteiger partial charge < -0.3 is 15.4 Å². The summed E-state index contributed by atoms with van der Waals surface area (Å²) in [6.07, 6.45) is 0.498. The average Bonchev–Trinajstić information content (AvgIpc) is 2.74. The van der Waals surface area contributed by atoms with E-state index < -0.39 is 11.2 Å². The third-order valence-electron chi connectivity index (χ3n) is 5.00. The van der Waals surface area contributed by atoms with E-state index in [4.69, 9.17) is 10.5 Å². The van der Waals surface area contributed by atoms with Gasteiger partial charge in [0, 0.05) is 32.4 Å². The van der Waals surface area contributed by atoms with Crippen LogP contribution in [0.5, 0.6) is 0 Å². The molecule has 0 bridgehead atoms. The standard InChI is InChI=1S/C23H28N4O4/c1-15(2)14-27-20(24)19(21(28)25-23(27)30)26(11-6-12-31-3)22(29)18-10-9-16-7-4-5-8-17(16)13-18/h4-5,7-10,13,15H,6,11-12,14,24H2,1-3H3,(H,25,28,30). The molecular weight excluding hydrogens is 396 g/mol. The molecule has 3 N–H and O–H groups in total. The minimum atomic E-state index is -0.686. The van der Waals surface area contributed by atoms with Crippen molar-refractivity contribution in [1.29, 1.82) is 0 Å². The number of carbonyl (C=O) groups is 1. The highest BCUT2D eigenvalue weighted by Crippen LogP contribution is 2.23. The Hall–Kier alpha value is -3.39. The van der Waals surface area contributed by atoms with Crippen molar-refractivity contribution in [1.82, 2.24) is 9.55 Å². The molecule has 2 aromatic carbocycles. The Bertz CT molecular complexity index is 1200. The van der Waals surface area contributed by atoms with Crippen LogP contribution in [0.15, 0.2) is 52.1 Å². The fourth-order valence-corrected chi connectivity index (χ4v) is 3.54. The van der Waals surface area contributed by atoms with Crippen molar-refractivity contribution in [3.05, 3.63) is 68.9 Å². The van der Waals surface area contributed by atoms with Crippen molar-refractivity contribution in [2.45, 2.75) is 26.8 Å². The normalized spacial score (nSPS) is 11.2. The number of nitrogens with one attached hydrogen (secondary N) is 1. The summed E-state index contributed by atoms with van der Waals surface area (Å²) in [6, 6.07) is 13.1. The van der Waals surface area contributed by atoms with Crippen LogP contribution in [0.25, 0.3) is 10.8 Å². The zero-order valence-corrected chi connectivity index (χ0v) is 18.1. The Morgan fingerprint density at radius 1 is 1.16 bits per heavy atom. The third kappa shape index (κ3) is 4.86. The fourth-order valence-electron chi connectivity index (χ4n) is 3.54. The van der Waals surface area contributed by atoms with Gasteiger partial charge in [-0.25, -0.2) is 4.79 Å². The molecule has 0 saturated carbocycles. The number of nitrogens with two attached hydrogens (primary N) is 1. The maximum Gasteiger partial charge on any atom is 0.330 e. The number of benzene rings is 2. The van der Waals surface area contributed by atoms with Crippen molar-refractivity contribution in [2.75, 3.05) is 30.9 Å². The lowest BCUT2D eigenvalue weighted by molar-refractivity contribution is 0.0983. The summed E-state index contributed by atoms with van der Waals surface area (Å²) < 4.78 is 6.42. The molecule has 31 heavy (non-hydrogen) atoms. The van der Waals surface area contributed by atoms with E-state index in [9.17, 15) is 14.4 Å². The quantitative estimate of drug-likeness (QED) is 0.540. The molecule has 0 aliphatic rings. The summed E-state index contributed by atoms with van der Waals surface area (Å²) in [5.74, 6) is -0.264. The van der Waals surface area contributed by atoms with Crippen LogP contribution in [0, 0.1) is 5.92 Å². The van der Waals surface area contributed by atoms with E-state index in [1.165, 1.54) is 9.47 Å². The molecule has 8 heteroatoms. The minimum Gasteiger partial charge on any atom is -0.385 e. The number of amides is 1. The van der Waals surface area contributed by atoms with Crippen LogP contribution in [-0.2, 0) is 11.3 Å². The molecule has 1 amide bonds. The summed E-state index contributed by atoms with van der Waals surface area (Å²) >= 11 is 0. The first-order valence-corrected chi connectivity index (χ1v) is 10.3. The van der Waals surface area contributed by atoms with E-state index in [1.54, 1.807) is 19.2 Å². The average molecular weight is 425 g/mol. The second-order valence-corrected chi connectivity index (χ2v) is 7.86. The Morgan fingerprint density at radius 3 is 2.55 bits per heavy atom. The van der Waals surface area contributed by atoms with Crippen LogP contribution >= 0.6 is 0 Å². The molecule has 0 radical (unpaired) electrons. The molecule has 1 heterocycles. The van der Waals surface area contributed by atoms with Gasteiger partial charge in [0.15, 0.2) is 5.69 Å². The third-order valence-corrected chi connectivity index (χ3v) is 5.00. The second-order valence-electron chi connectivity index (χ2n) is 7.86. The largest absolute Gasteiger partial charge is 0.385 e. The van der Waals surface area contributed by atoms with Crippen LogP contribution < -0.4 is 21.9 Å². The molecule has 164 valence electrons. The Kier molecular flexibility index (Phi) is 6.91. The van der Waals surface area contributed by atoms with E-state index in [-0.39, 0.29) is 29.9 Å². The summed E-state index contributed by atoms with van der Waals surface area (Å²) in [6.45, 7) is 4.82. The number of fused-ring (bicyclic) bond motifs is 1. The molecule has 0 aliphatic carbocycles. The maximum atomic E-state index is 13.5. The number of aromatic nitrogens is 2. The van der Waals surface area contributed by atoms with Gasteiger partial charge in [0.05, 0.1) is 0 Å². The number of hydrogen-bond acceptors (Lipinski definition) is 5. The van der Waals surface area contributed by atoms with Gasteiger partial charge >= 0.3 is 5.69 Å². The van der Waals surface area contributed by atoms with Gasteiger partial charge in [-0.3, -0.25) is 19.1 Å². The predicted molar refractivity (Wildman–Crippen MR) is 123 cm³/mol. The van der Waals surface area contributed by atoms with Gasteiger partial charge in [0.1, 0.15) is 5.82 Å². The molecule has 0 fully saturated rings. The van der Waals surface area contributed by atoms with Gasteiger partial charge in [-0.2, -0.15) is 0 Å². The predicted octanol–water partition coefficient (Wildman–Crippen LogP) is 2.61. The first kappa shape index (κ1) is 22.3. The lowest BCUT2D eigenvalue weighted by atomic mass is 10.1. The number of nitrogen functional groups attached to an aromatic ring is 1. The van der Waals surface area contributed by atoms with E-state index in [0.29, 0.717) is 25.1 Å². The Balaban J connectivity index is 2.11. The highest BCUT2D eigenvalue weighted by Gasteiger charge is 2.25. The van der Waals surface area contributed by atoms with Crippen molar-refractivity contribution in [2.24, 2.45) is 5.92 Å². The SMILES string of the molecule is COCCCN(C(=O)c1ccc2ccccc2c1)c1c(N)n(CC(C)C)c(=O)[nH]c1=O. The molecule has 8 nitrogen and oxygen atoms in total. The number of nitrogens with zero attached hydrogens (tertiary/aromatic N) is 2. The van der Waals surface area contributed by atoms with Gasteiger partial charge in [0.2, 0.25) is 0 Å². The van der Waals surface area contributed by atoms with E-state index >= 15 is 0 Å². The summed E-state index contributed by atoms with van der Waals surface area (Å²) in [7, 11) is 1.57. The number of carbonyl (C=O) groups excluding carboxylic acids is 1. The number of rotatable bonds is 8. The molecule has 0 spiro atoms. The molecule has 1 aromatic heterocycles. The highest BCUT2D eigenvalue weighted by atomic mass is 16.5. The summed E-state index contributed by atoms with van der Waals surface area (Å²) in [5.41, 5.74) is 5.40. The van der Waals surface area contributed by atoms with E-state index in [1.807, 2.05) is 44.2 Å². The molecule has 3 aromatic rings. The highest BCUT2D eigenvalue weighted by molar-refractivity contribution is 6.09. The van der Waals surface area contributed by atoms with Crippen LogP contribution in [0.4, 0.5) is 11.5 Å². The molecule has 0 atom stereocenters. The number of anilines is 2. The lowest BCUT2D eigenvalue weighted by Crippen LogP contribution is -2.42.